The molecule has 1 saturated carbocycles. The van der Waals surface area contributed by atoms with Crippen molar-refractivity contribution in [2.24, 2.45) is 11.8 Å². The molecule has 1 aliphatic heterocycles. The van der Waals surface area contributed by atoms with E-state index in [-0.39, 0.29) is 0 Å². The van der Waals surface area contributed by atoms with Gasteiger partial charge in [-0.05, 0) is 55.0 Å². The van der Waals surface area contributed by atoms with Crippen molar-refractivity contribution in [1.82, 2.24) is 5.32 Å². The normalized spacial score (nSPS) is 24.6. The Morgan fingerprint density at radius 3 is 2.86 bits per heavy atom. The number of hydrogen-bond donors (Lipinski definition) is 1. The van der Waals surface area contributed by atoms with Crippen LogP contribution in [0.3, 0.4) is 0 Å². The third-order valence-electron chi connectivity index (χ3n) is 5.21. The summed E-state index contributed by atoms with van der Waals surface area (Å²) in [5, 5.41) is 3.63. The van der Waals surface area contributed by atoms with Crippen molar-refractivity contribution in [3.05, 3.63) is 29.3 Å². The van der Waals surface area contributed by atoms with E-state index in [1.54, 1.807) is 0 Å². The fourth-order valence-electron chi connectivity index (χ4n) is 3.68. The second-order valence-corrected chi connectivity index (χ2v) is 6.96. The molecule has 116 valence electrons. The highest BCUT2D eigenvalue weighted by Gasteiger charge is 2.17. The minimum Gasteiger partial charge on any atom is -0.493 e. The SMILES string of the molecule is CC1CCC(CCNCCc2ccc3c(c2)CCO3)CC1. The Kier molecular flexibility index (Phi) is 5.18. The minimum atomic E-state index is 0.858. The van der Waals surface area contributed by atoms with Crippen LogP contribution >= 0.6 is 0 Å². The maximum absolute atomic E-state index is 5.56. The molecule has 0 spiro atoms. The average Bonchev–Trinajstić information content (AvgIpc) is 2.96. The van der Waals surface area contributed by atoms with Crippen LogP contribution in [-0.2, 0) is 12.8 Å². The highest BCUT2D eigenvalue weighted by Crippen LogP contribution is 2.30. The van der Waals surface area contributed by atoms with Gasteiger partial charge in [0, 0.05) is 6.42 Å². The molecule has 1 fully saturated rings. The smallest absolute Gasteiger partial charge is 0.122 e. The lowest BCUT2D eigenvalue weighted by molar-refractivity contribution is 0.275. The van der Waals surface area contributed by atoms with E-state index < -0.39 is 0 Å². The van der Waals surface area contributed by atoms with Gasteiger partial charge in [-0.15, -0.1) is 0 Å². The molecule has 21 heavy (non-hydrogen) atoms. The van der Waals surface area contributed by atoms with Gasteiger partial charge in [0.1, 0.15) is 5.75 Å². The molecule has 1 N–H and O–H groups in total. The molecule has 0 radical (unpaired) electrons. The van der Waals surface area contributed by atoms with E-state index in [1.807, 2.05) is 0 Å². The zero-order valence-corrected chi connectivity index (χ0v) is 13.4. The van der Waals surface area contributed by atoms with Crippen LogP contribution in [0.1, 0.15) is 50.2 Å². The van der Waals surface area contributed by atoms with Crippen LogP contribution in [0.4, 0.5) is 0 Å². The zero-order chi connectivity index (χ0) is 14.5. The summed E-state index contributed by atoms with van der Waals surface area (Å²) in [7, 11) is 0. The standard InChI is InChI=1S/C19H29NO/c1-15-2-4-16(5-3-15)8-11-20-12-9-17-6-7-19-18(14-17)10-13-21-19/h6-7,14-16,20H,2-5,8-13H2,1H3. The van der Waals surface area contributed by atoms with Crippen molar-refractivity contribution in [2.75, 3.05) is 19.7 Å². The van der Waals surface area contributed by atoms with Crippen LogP contribution in [0.5, 0.6) is 5.75 Å². The van der Waals surface area contributed by atoms with Gasteiger partial charge in [0.2, 0.25) is 0 Å². The quantitative estimate of drug-likeness (QED) is 0.799. The molecule has 2 heteroatoms. The lowest BCUT2D eigenvalue weighted by atomic mass is 9.81. The molecule has 0 bridgehead atoms. The molecule has 0 aromatic heterocycles. The Labute approximate surface area is 129 Å². The third-order valence-corrected chi connectivity index (χ3v) is 5.21. The number of benzene rings is 1. The summed E-state index contributed by atoms with van der Waals surface area (Å²) in [5.41, 5.74) is 2.84. The number of ether oxygens (including phenoxy) is 1. The summed E-state index contributed by atoms with van der Waals surface area (Å²) in [6, 6.07) is 6.68. The number of nitrogens with one attached hydrogen (secondary N) is 1. The van der Waals surface area contributed by atoms with Gasteiger partial charge < -0.3 is 10.1 Å². The molecule has 2 nitrogen and oxygen atoms in total. The molecule has 3 rings (SSSR count). The Morgan fingerprint density at radius 2 is 2.00 bits per heavy atom. The Morgan fingerprint density at radius 1 is 1.14 bits per heavy atom. The Bertz CT molecular complexity index is 449. The number of hydrogen-bond acceptors (Lipinski definition) is 2. The lowest BCUT2D eigenvalue weighted by Gasteiger charge is -2.26. The first-order valence-electron chi connectivity index (χ1n) is 8.76. The summed E-state index contributed by atoms with van der Waals surface area (Å²) in [6.45, 7) is 5.54. The fourth-order valence-corrected chi connectivity index (χ4v) is 3.68. The van der Waals surface area contributed by atoms with Gasteiger partial charge in [-0.1, -0.05) is 44.7 Å². The molecule has 1 aliphatic carbocycles. The van der Waals surface area contributed by atoms with Crippen LogP contribution < -0.4 is 10.1 Å². The van der Waals surface area contributed by atoms with Crippen LogP contribution in [-0.4, -0.2) is 19.7 Å². The zero-order valence-electron chi connectivity index (χ0n) is 13.4. The van der Waals surface area contributed by atoms with Crippen molar-refractivity contribution in [1.29, 1.82) is 0 Å². The van der Waals surface area contributed by atoms with Crippen molar-refractivity contribution >= 4 is 0 Å². The third kappa shape index (κ3) is 4.23. The van der Waals surface area contributed by atoms with Crippen molar-refractivity contribution in [3.63, 3.8) is 0 Å². The number of rotatable bonds is 6. The first-order chi connectivity index (χ1) is 10.3. The largest absolute Gasteiger partial charge is 0.493 e. The van der Waals surface area contributed by atoms with E-state index in [1.165, 1.54) is 49.8 Å². The predicted molar refractivity (Wildman–Crippen MR) is 88.0 cm³/mol. The maximum Gasteiger partial charge on any atom is 0.122 e. The van der Waals surface area contributed by atoms with Crippen molar-refractivity contribution in [3.8, 4) is 5.75 Å². The summed E-state index contributed by atoms with van der Waals surface area (Å²) in [6.07, 6.45) is 9.38. The monoisotopic (exact) mass is 287 g/mol. The molecule has 1 heterocycles. The molecular weight excluding hydrogens is 258 g/mol. The molecule has 0 saturated heterocycles. The average molecular weight is 287 g/mol. The van der Waals surface area contributed by atoms with Crippen LogP contribution in [0, 0.1) is 11.8 Å². The van der Waals surface area contributed by atoms with Gasteiger partial charge in [-0.2, -0.15) is 0 Å². The minimum absolute atomic E-state index is 0.858. The molecule has 2 aliphatic rings. The molecule has 0 amide bonds. The van der Waals surface area contributed by atoms with Crippen LogP contribution in [0.2, 0.25) is 0 Å². The van der Waals surface area contributed by atoms with Gasteiger partial charge in [0.05, 0.1) is 6.61 Å². The predicted octanol–water partition coefficient (Wildman–Crippen LogP) is 3.97. The van der Waals surface area contributed by atoms with Gasteiger partial charge in [-0.25, -0.2) is 0 Å². The second kappa shape index (κ2) is 7.31. The Hall–Kier alpha value is -1.02. The fraction of sp³-hybridized carbons (Fsp3) is 0.684. The van der Waals surface area contributed by atoms with Crippen LogP contribution in [0.15, 0.2) is 18.2 Å². The first-order valence-corrected chi connectivity index (χ1v) is 8.76. The van der Waals surface area contributed by atoms with Gasteiger partial charge in [0.25, 0.3) is 0 Å². The van der Waals surface area contributed by atoms with Gasteiger partial charge in [0.15, 0.2) is 0 Å². The lowest BCUT2D eigenvalue weighted by Crippen LogP contribution is -2.22. The van der Waals surface area contributed by atoms with Crippen LogP contribution in [0.25, 0.3) is 0 Å². The van der Waals surface area contributed by atoms with E-state index in [0.717, 1.165) is 43.6 Å². The maximum atomic E-state index is 5.56. The molecule has 0 unspecified atom stereocenters. The molecular formula is C19H29NO. The van der Waals surface area contributed by atoms with E-state index >= 15 is 0 Å². The van der Waals surface area contributed by atoms with Crippen molar-refractivity contribution < 1.29 is 4.74 Å². The summed E-state index contributed by atoms with van der Waals surface area (Å²) in [4.78, 5) is 0. The summed E-state index contributed by atoms with van der Waals surface area (Å²) < 4.78 is 5.56. The number of fused-ring (bicyclic) bond motifs is 1. The van der Waals surface area contributed by atoms with E-state index in [9.17, 15) is 0 Å². The Balaban J connectivity index is 1.31. The summed E-state index contributed by atoms with van der Waals surface area (Å²) in [5.74, 6) is 3.04. The van der Waals surface area contributed by atoms with Gasteiger partial charge >= 0.3 is 0 Å². The van der Waals surface area contributed by atoms with E-state index in [2.05, 4.69) is 30.4 Å². The molecule has 1 aromatic rings. The molecule has 0 atom stereocenters. The highest BCUT2D eigenvalue weighted by atomic mass is 16.5. The van der Waals surface area contributed by atoms with Gasteiger partial charge in [-0.3, -0.25) is 0 Å². The topological polar surface area (TPSA) is 21.3 Å². The highest BCUT2D eigenvalue weighted by molar-refractivity contribution is 5.39. The van der Waals surface area contributed by atoms with Crippen molar-refractivity contribution in [2.45, 2.75) is 51.9 Å². The van der Waals surface area contributed by atoms with E-state index in [4.69, 9.17) is 4.74 Å². The summed E-state index contributed by atoms with van der Waals surface area (Å²) >= 11 is 0. The first kappa shape index (κ1) is 14.9. The molecule has 1 aromatic carbocycles. The van der Waals surface area contributed by atoms with E-state index in [0.29, 0.717) is 0 Å². The second-order valence-electron chi connectivity index (χ2n) is 6.96.